The second-order valence-corrected chi connectivity index (χ2v) is 9.54. The molecule has 4 aliphatic heterocycles. The van der Waals surface area contributed by atoms with Gasteiger partial charge < -0.3 is 5.32 Å². The maximum atomic E-state index is 13.0. The van der Waals surface area contributed by atoms with Crippen LogP contribution in [0.15, 0.2) is 18.2 Å². The van der Waals surface area contributed by atoms with Crippen LogP contribution in [0.25, 0.3) is 0 Å². The van der Waals surface area contributed by atoms with Gasteiger partial charge in [0.05, 0.1) is 11.1 Å². The summed E-state index contributed by atoms with van der Waals surface area (Å²) in [5.74, 6) is -1.85. The SMILES string of the molecule is CC1CC2(CCNCC2)CN1Cc1ccc2c(c1)C(=O)N(C1CCC(=O)NC1=O)C2=O. The molecule has 0 bridgehead atoms. The predicted molar refractivity (Wildman–Crippen MR) is 112 cm³/mol. The minimum absolute atomic E-state index is 0.124. The highest BCUT2D eigenvalue weighted by atomic mass is 16.2. The summed E-state index contributed by atoms with van der Waals surface area (Å²) >= 11 is 0. The summed E-state index contributed by atoms with van der Waals surface area (Å²) in [6.45, 7) is 6.22. The third-order valence-corrected chi connectivity index (χ3v) is 7.44. The number of fused-ring (bicyclic) bond motifs is 1. The highest BCUT2D eigenvalue weighted by Crippen LogP contribution is 2.42. The zero-order valence-electron chi connectivity index (χ0n) is 17.8. The van der Waals surface area contributed by atoms with Gasteiger partial charge in [-0.1, -0.05) is 6.07 Å². The van der Waals surface area contributed by atoms with Gasteiger partial charge in [0, 0.05) is 25.6 Å². The minimum atomic E-state index is -0.924. The summed E-state index contributed by atoms with van der Waals surface area (Å²) in [4.78, 5) is 53.1. The first kappa shape index (κ1) is 20.3. The first-order valence-electron chi connectivity index (χ1n) is 11.2. The molecular formula is C23H28N4O4. The van der Waals surface area contributed by atoms with Crippen molar-refractivity contribution in [3.8, 4) is 0 Å². The Morgan fingerprint density at radius 2 is 1.81 bits per heavy atom. The van der Waals surface area contributed by atoms with Crippen LogP contribution in [0.1, 0.15) is 65.3 Å². The summed E-state index contributed by atoms with van der Waals surface area (Å²) in [5, 5.41) is 5.68. The zero-order valence-corrected chi connectivity index (χ0v) is 17.8. The largest absolute Gasteiger partial charge is 0.317 e. The molecule has 4 aliphatic rings. The van der Waals surface area contributed by atoms with E-state index in [9.17, 15) is 19.2 Å². The van der Waals surface area contributed by atoms with Crippen LogP contribution in [0.3, 0.4) is 0 Å². The van der Waals surface area contributed by atoms with Crippen LogP contribution in [0, 0.1) is 5.41 Å². The molecule has 3 fully saturated rings. The van der Waals surface area contributed by atoms with Gasteiger partial charge in [-0.05, 0) is 68.8 Å². The number of hydrogen-bond acceptors (Lipinski definition) is 6. The van der Waals surface area contributed by atoms with Gasteiger partial charge in [0.25, 0.3) is 11.8 Å². The lowest BCUT2D eigenvalue weighted by Gasteiger charge is -2.33. The summed E-state index contributed by atoms with van der Waals surface area (Å²) < 4.78 is 0. The van der Waals surface area contributed by atoms with Crippen molar-refractivity contribution >= 4 is 23.6 Å². The molecule has 4 heterocycles. The number of amides is 4. The smallest absolute Gasteiger partial charge is 0.262 e. The van der Waals surface area contributed by atoms with E-state index in [0.29, 0.717) is 22.6 Å². The molecule has 5 rings (SSSR count). The Hall–Kier alpha value is -2.58. The lowest BCUT2D eigenvalue weighted by Crippen LogP contribution is -2.54. The quantitative estimate of drug-likeness (QED) is 0.704. The Morgan fingerprint density at radius 1 is 1.06 bits per heavy atom. The maximum absolute atomic E-state index is 13.0. The average Bonchev–Trinajstić information content (AvgIpc) is 3.16. The van der Waals surface area contributed by atoms with Gasteiger partial charge in [-0.3, -0.25) is 34.3 Å². The average molecular weight is 425 g/mol. The van der Waals surface area contributed by atoms with Crippen molar-refractivity contribution in [2.24, 2.45) is 5.41 Å². The van der Waals surface area contributed by atoms with Gasteiger partial charge in [0.1, 0.15) is 6.04 Å². The summed E-state index contributed by atoms with van der Waals surface area (Å²) in [6, 6.07) is 4.98. The van der Waals surface area contributed by atoms with Crippen LogP contribution in [-0.2, 0) is 16.1 Å². The van der Waals surface area contributed by atoms with Gasteiger partial charge in [-0.2, -0.15) is 0 Å². The topological polar surface area (TPSA) is 98.8 Å². The molecule has 0 aliphatic carbocycles. The highest BCUT2D eigenvalue weighted by molar-refractivity contribution is 6.23. The number of imide groups is 2. The number of nitrogens with zero attached hydrogens (tertiary/aromatic N) is 2. The second-order valence-electron chi connectivity index (χ2n) is 9.54. The van der Waals surface area contributed by atoms with Crippen LogP contribution in [-0.4, -0.2) is 65.1 Å². The van der Waals surface area contributed by atoms with Gasteiger partial charge in [0.15, 0.2) is 0 Å². The Morgan fingerprint density at radius 3 is 2.55 bits per heavy atom. The molecule has 0 radical (unpaired) electrons. The van der Waals surface area contributed by atoms with Gasteiger partial charge in [-0.15, -0.1) is 0 Å². The molecule has 2 unspecified atom stereocenters. The van der Waals surface area contributed by atoms with E-state index >= 15 is 0 Å². The number of rotatable bonds is 3. The van der Waals surface area contributed by atoms with Crippen LogP contribution < -0.4 is 10.6 Å². The normalized spacial score (nSPS) is 28.4. The Bertz CT molecular complexity index is 968. The monoisotopic (exact) mass is 424 g/mol. The number of carbonyl (C=O) groups is 4. The molecular weight excluding hydrogens is 396 g/mol. The van der Waals surface area contributed by atoms with Crippen molar-refractivity contribution in [1.82, 2.24) is 20.4 Å². The third kappa shape index (κ3) is 3.47. The van der Waals surface area contributed by atoms with Crippen molar-refractivity contribution in [2.45, 2.75) is 57.7 Å². The lowest BCUT2D eigenvalue weighted by molar-refractivity contribution is -0.136. The molecule has 8 heteroatoms. The molecule has 8 nitrogen and oxygen atoms in total. The van der Waals surface area contributed by atoms with E-state index in [2.05, 4.69) is 22.5 Å². The molecule has 2 atom stereocenters. The maximum Gasteiger partial charge on any atom is 0.262 e. The number of nitrogens with one attached hydrogen (secondary N) is 2. The van der Waals surface area contributed by atoms with Crippen molar-refractivity contribution in [2.75, 3.05) is 19.6 Å². The first-order chi connectivity index (χ1) is 14.9. The van der Waals surface area contributed by atoms with E-state index in [1.807, 2.05) is 12.1 Å². The molecule has 2 N–H and O–H groups in total. The fourth-order valence-corrected chi connectivity index (χ4v) is 5.79. The van der Waals surface area contributed by atoms with Crippen molar-refractivity contribution in [3.63, 3.8) is 0 Å². The number of hydrogen-bond donors (Lipinski definition) is 2. The van der Waals surface area contributed by atoms with E-state index in [1.54, 1.807) is 6.07 Å². The van der Waals surface area contributed by atoms with E-state index < -0.39 is 23.8 Å². The minimum Gasteiger partial charge on any atom is -0.317 e. The van der Waals surface area contributed by atoms with Crippen LogP contribution in [0.4, 0.5) is 0 Å². The molecule has 3 saturated heterocycles. The number of carbonyl (C=O) groups excluding carboxylic acids is 4. The Labute approximate surface area is 181 Å². The predicted octanol–water partition coefficient (Wildman–Crippen LogP) is 1.05. The van der Waals surface area contributed by atoms with Gasteiger partial charge in [-0.25, -0.2) is 0 Å². The van der Waals surface area contributed by atoms with Crippen molar-refractivity contribution in [3.05, 3.63) is 34.9 Å². The number of benzene rings is 1. The molecule has 31 heavy (non-hydrogen) atoms. The van der Waals surface area contributed by atoms with Crippen LogP contribution in [0.5, 0.6) is 0 Å². The number of likely N-dealkylation sites (tertiary alicyclic amines) is 1. The zero-order chi connectivity index (χ0) is 21.8. The Balaban J connectivity index is 1.34. The first-order valence-corrected chi connectivity index (χ1v) is 11.2. The van der Waals surface area contributed by atoms with Gasteiger partial charge in [0.2, 0.25) is 11.8 Å². The van der Waals surface area contributed by atoms with Crippen molar-refractivity contribution in [1.29, 1.82) is 0 Å². The standard InChI is InChI=1S/C23H28N4O4/c1-14-11-23(6-8-24-9-7-23)13-26(14)12-15-2-3-16-17(10-15)22(31)27(21(16)30)18-4-5-19(28)25-20(18)29/h2-3,10,14,18,24H,4-9,11-13H2,1H3,(H,25,28,29). The molecule has 0 aromatic heterocycles. The number of piperidine rings is 2. The van der Waals surface area contributed by atoms with Gasteiger partial charge >= 0.3 is 0 Å². The fourth-order valence-electron chi connectivity index (χ4n) is 5.79. The summed E-state index contributed by atoms with van der Waals surface area (Å²) in [5.41, 5.74) is 2.08. The van der Waals surface area contributed by atoms with E-state index in [4.69, 9.17) is 0 Å². The molecule has 1 aromatic rings. The fraction of sp³-hybridized carbons (Fsp3) is 0.565. The summed E-state index contributed by atoms with van der Waals surface area (Å²) in [7, 11) is 0. The van der Waals surface area contributed by atoms with E-state index in [-0.39, 0.29) is 18.7 Å². The second kappa shape index (κ2) is 7.53. The lowest BCUT2D eigenvalue weighted by atomic mass is 9.77. The molecule has 0 saturated carbocycles. The van der Waals surface area contributed by atoms with Crippen molar-refractivity contribution < 1.29 is 19.2 Å². The molecule has 1 aromatic carbocycles. The highest BCUT2D eigenvalue weighted by Gasteiger charge is 2.45. The van der Waals surface area contributed by atoms with Crippen LogP contribution >= 0.6 is 0 Å². The summed E-state index contributed by atoms with van der Waals surface area (Å²) in [6.07, 6.45) is 3.89. The molecule has 164 valence electrons. The molecule has 1 spiro atoms. The van der Waals surface area contributed by atoms with Crippen LogP contribution in [0.2, 0.25) is 0 Å². The Kier molecular flexibility index (Phi) is 4.94. The van der Waals surface area contributed by atoms with E-state index in [1.165, 1.54) is 19.3 Å². The third-order valence-electron chi connectivity index (χ3n) is 7.44. The molecule has 4 amide bonds. The van der Waals surface area contributed by atoms with E-state index in [0.717, 1.165) is 36.6 Å².